The Labute approximate surface area is 244 Å². The number of carbonyl (C=O) groups excluding carboxylic acids is 1. The highest BCUT2D eigenvalue weighted by molar-refractivity contribution is 7.92. The van der Waals surface area contributed by atoms with E-state index in [1.54, 1.807) is 49.5 Å². The van der Waals surface area contributed by atoms with Crippen LogP contribution in [0.3, 0.4) is 0 Å². The highest BCUT2D eigenvalue weighted by atomic mass is 32.2. The van der Waals surface area contributed by atoms with E-state index in [2.05, 4.69) is 10.0 Å². The van der Waals surface area contributed by atoms with Gasteiger partial charge < -0.3 is 20.2 Å². The Morgan fingerprint density at radius 1 is 0.976 bits per heavy atom. The second-order valence-electron chi connectivity index (χ2n) is 11.3. The van der Waals surface area contributed by atoms with Gasteiger partial charge in [-0.25, -0.2) is 12.8 Å². The Balaban J connectivity index is 1.33. The van der Waals surface area contributed by atoms with Crippen LogP contribution in [0, 0.1) is 11.7 Å². The first-order valence-corrected chi connectivity index (χ1v) is 16.0. The van der Waals surface area contributed by atoms with Crippen LogP contribution >= 0.6 is 0 Å². The molecule has 2 aliphatic rings. The summed E-state index contributed by atoms with van der Waals surface area (Å²) < 4.78 is 54.6. The molecule has 220 valence electrons. The van der Waals surface area contributed by atoms with Gasteiger partial charge in [0.05, 0.1) is 17.0 Å². The van der Waals surface area contributed by atoms with Crippen LogP contribution in [0.1, 0.15) is 60.4 Å². The number of hydrogen-bond donors (Lipinski definition) is 3. The first-order chi connectivity index (χ1) is 20.2. The molecule has 4 N–H and O–H groups in total. The highest BCUT2D eigenvalue weighted by Gasteiger charge is 2.32. The molecule has 3 aromatic carbocycles. The number of anilines is 1. The fourth-order valence-electron chi connectivity index (χ4n) is 5.72. The van der Waals surface area contributed by atoms with Crippen LogP contribution < -0.4 is 20.5 Å². The largest absolute Gasteiger partial charge is 0.457 e. The molecule has 0 unspecified atom stereocenters. The summed E-state index contributed by atoms with van der Waals surface area (Å²) in [6, 6.07) is 16.5. The van der Waals surface area contributed by atoms with Crippen molar-refractivity contribution in [2.24, 2.45) is 11.7 Å². The van der Waals surface area contributed by atoms with Crippen molar-refractivity contribution in [1.29, 1.82) is 0 Å². The van der Waals surface area contributed by atoms with Crippen LogP contribution in [-0.4, -0.2) is 33.2 Å². The van der Waals surface area contributed by atoms with Crippen molar-refractivity contribution < 1.29 is 26.8 Å². The lowest BCUT2D eigenvalue weighted by atomic mass is 9.88. The molecule has 6 rings (SSSR count). The van der Waals surface area contributed by atoms with E-state index in [-0.39, 0.29) is 35.4 Å². The number of nitrogens with two attached hydrogens (primary N) is 1. The Hall–Kier alpha value is -3.89. The van der Waals surface area contributed by atoms with Gasteiger partial charge in [-0.3, -0.25) is 9.52 Å². The van der Waals surface area contributed by atoms with E-state index in [1.165, 1.54) is 12.1 Å². The minimum Gasteiger partial charge on any atom is -0.457 e. The zero-order valence-corrected chi connectivity index (χ0v) is 24.2. The van der Waals surface area contributed by atoms with Crippen LogP contribution in [0.4, 0.5) is 10.1 Å². The predicted octanol–water partition coefficient (Wildman–Crippen LogP) is 6.53. The Morgan fingerprint density at radius 3 is 2.24 bits per heavy atom. The SMILES string of the molecule is CNC(=O)c1c(-c2ccc(Oc3ccc(F)cc3)cc2)oc2cc(NS(=O)(=O)CC3CCC(N)CC3)c(C3CC3)cc12. The summed E-state index contributed by atoms with van der Waals surface area (Å²) in [5, 5.41) is 3.34. The van der Waals surface area contributed by atoms with Crippen molar-refractivity contribution in [2.45, 2.75) is 50.5 Å². The lowest BCUT2D eigenvalue weighted by molar-refractivity contribution is 0.0964. The fourth-order valence-corrected chi connectivity index (χ4v) is 7.27. The maximum Gasteiger partial charge on any atom is 0.255 e. The lowest BCUT2D eigenvalue weighted by Gasteiger charge is -2.26. The molecule has 4 aromatic rings. The minimum atomic E-state index is -3.60. The van der Waals surface area contributed by atoms with Crippen molar-refractivity contribution in [3.05, 3.63) is 77.6 Å². The molecule has 10 heteroatoms. The van der Waals surface area contributed by atoms with Crippen molar-refractivity contribution in [2.75, 3.05) is 17.5 Å². The van der Waals surface area contributed by atoms with Gasteiger partial charge >= 0.3 is 0 Å². The second kappa shape index (κ2) is 11.4. The number of nitrogens with one attached hydrogen (secondary N) is 2. The van der Waals surface area contributed by atoms with Gasteiger partial charge in [-0.15, -0.1) is 0 Å². The molecule has 42 heavy (non-hydrogen) atoms. The van der Waals surface area contributed by atoms with E-state index in [0.29, 0.717) is 45.0 Å². The summed E-state index contributed by atoms with van der Waals surface area (Å²) in [7, 11) is -2.04. The minimum absolute atomic E-state index is 0.0566. The van der Waals surface area contributed by atoms with Crippen molar-refractivity contribution in [3.63, 3.8) is 0 Å². The first kappa shape index (κ1) is 28.2. The highest BCUT2D eigenvalue weighted by Crippen LogP contribution is 2.47. The van der Waals surface area contributed by atoms with Gasteiger partial charge in [-0.1, -0.05) is 0 Å². The zero-order chi connectivity index (χ0) is 29.4. The van der Waals surface area contributed by atoms with Crippen LogP contribution in [0.2, 0.25) is 0 Å². The second-order valence-corrected chi connectivity index (χ2v) is 13.1. The zero-order valence-electron chi connectivity index (χ0n) is 23.4. The molecular weight excluding hydrogens is 557 g/mol. The number of fused-ring (bicyclic) bond motifs is 1. The monoisotopic (exact) mass is 591 g/mol. The number of halogens is 1. The Kier molecular flexibility index (Phi) is 7.67. The topological polar surface area (TPSA) is 124 Å². The Morgan fingerprint density at radius 2 is 1.62 bits per heavy atom. The molecule has 1 amide bonds. The van der Waals surface area contributed by atoms with Gasteiger partial charge in [0.2, 0.25) is 10.0 Å². The van der Waals surface area contributed by atoms with Crippen molar-refractivity contribution in [3.8, 4) is 22.8 Å². The van der Waals surface area contributed by atoms with E-state index in [0.717, 1.165) is 44.1 Å². The molecule has 2 aliphatic carbocycles. The molecule has 2 saturated carbocycles. The molecule has 0 saturated heterocycles. The molecule has 0 bridgehead atoms. The number of amides is 1. The average Bonchev–Trinajstić information content (AvgIpc) is 3.75. The summed E-state index contributed by atoms with van der Waals surface area (Å²) in [5.74, 6) is 1.11. The molecule has 2 fully saturated rings. The Bertz CT molecular complexity index is 1710. The summed E-state index contributed by atoms with van der Waals surface area (Å²) in [6.07, 6.45) is 5.21. The number of benzene rings is 3. The molecule has 8 nitrogen and oxygen atoms in total. The van der Waals surface area contributed by atoms with Gasteiger partial charge in [-0.05, 0) is 111 Å². The summed E-state index contributed by atoms with van der Waals surface area (Å²) in [6.45, 7) is 0. The third-order valence-electron chi connectivity index (χ3n) is 8.11. The van der Waals surface area contributed by atoms with Crippen LogP contribution in [0.5, 0.6) is 11.5 Å². The molecule has 1 aromatic heterocycles. The quantitative estimate of drug-likeness (QED) is 0.203. The van der Waals surface area contributed by atoms with Crippen LogP contribution in [0.15, 0.2) is 65.1 Å². The maximum absolute atomic E-state index is 13.2. The number of hydrogen-bond acceptors (Lipinski definition) is 6. The van der Waals surface area contributed by atoms with Gasteiger partial charge in [-0.2, -0.15) is 0 Å². The van der Waals surface area contributed by atoms with E-state index in [9.17, 15) is 17.6 Å². The predicted molar refractivity (Wildman–Crippen MR) is 161 cm³/mol. The van der Waals surface area contributed by atoms with Gasteiger partial charge in [0.15, 0.2) is 0 Å². The number of ether oxygens (including phenoxy) is 1. The molecule has 0 radical (unpaired) electrons. The molecule has 0 atom stereocenters. The maximum atomic E-state index is 13.2. The molecule has 0 aliphatic heterocycles. The van der Waals surface area contributed by atoms with E-state index in [1.807, 2.05) is 6.07 Å². The van der Waals surface area contributed by atoms with Gasteiger partial charge in [0, 0.05) is 30.1 Å². The van der Waals surface area contributed by atoms with Crippen molar-refractivity contribution >= 4 is 32.6 Å². The normalized spacial score (nSPS) is 19.0. The average molecular weight is 592 g/mol. The van der Waals surface area contributed by atoms with Crippen LogP contribution in [-0.2, 0) is 10.0 Å². The molecular formula is C32H34FN3O5S. The van der Waals surface area contributed by atoms with Gasteiger partial charge in [0.1, 0.15) is 28.7 Å². The number of carbonyl (C=O) groups is 1. The number of rotatable bonds is 9. The summed E-state index contributed by atoms with van der Waals surface area (Å²) in [4.78, 5) is 13.1. The molecule has 0 spiro atoms. The van der Waals surface area contributed by atoms with Crippen LogP contribution in [0.25, 0.3) is 22.3 Å². The van der Waals surface area contributed by atoms with Gasteiger partial charge in [0.25, 0.3) is 5.91 Å². The van der Waals surface area contributed by atoms with E-state index in [4.69, 9.17) is 14.9 Å². The smallest absolute Gasteiger partial charge is 0.255 e. The summed E-state index contributed by atoms with van der Waals surface area (Å²) in [5.41, 5.74) is 8.84. The first-order valence-electron chi connectivity index (χ1n) is 14.3. The lowest BCUT2D eigenvalue weighted by Crippen LogP contribution is -2.31. The third-order valence-corrected chi connectivity index (χ3v) is 9.55. The van der Waals surface area contributed by atoms with Crippen molar-refractivity contribution in [1.82, 2.24) is 5.32 Å². The third kappa shape index (κ3) is 6.15. The summed E-state index contributed by atoms with van der Waals surface area (Å²) >= 11 is 0. The standard InChI is InChI=1S/C32H34FN3O5S/c1-35-32(37)30-27-16-26(20-4-5-20)28(36-42(38,39)18-19-2-10-23(34)11-3-19)17-29(27)41-31(30)21-6-12-24(13-7-21)40-25-14-8-22(33)9-15-25/h6-9,12-17,19-20,23,36H,2-5,10-11,18,34H2,1H3,(H,35,37). The van der Waals surface area contributed by atoms with E-state index < -0.39 is 10.0 Å². The number of sulfonamides is 1. The molecule has 1 heterocycles. The number of furan rings is 1. The fraction of sp³-hybridized carbons (Fsp3) is 0.344. The van der Waals surface area contributed by atoms with E-state index >= 15 is 0 Å².